The lowest BCUT2D eigenvalue weighted by Gasteiger charge is -2.01. The summed E-state index contributed by atoms with van der Waals surface area (Å²) in [6.45, 7) is 0. The molecule has 0 aliphatic carbocycles. The van der Waals surface area contributed by atoms with Gasteiger partial charge in [-0.05, 0) is 35.9 Å². The zero-order valence-corrected chi connectivity index (χ0v) is 11.6. The quantitative estimate of drug-likeness (QED) is 0.728. The van der Waals surface area contributed by atoms with Gasteiger partial charge in [-0.25, -0.2) is 14.4 Å². The van der Waals surface area contributed by atoms with Gasteiger partial charge in [0, 0.05) is 6.21 Å². The Kier molecular flexibility index (Phi) is 4.51. The first-order valence-electron chi connectivity index (χ1n) is 6.36. The average Bonchev–Trinajstić information content (AvgIpc) is 2.52. The van der Waals surface area contributed by atoms with Crippen LogP contribution in [0, 0.1) is 0 Å². The maximum Gasteiger partial charge on any atom is 0.335 e. The van der Waals surface area contributed by atoms with Crippen molar-refractivity contribution in [3.8, 4) is 0 Å². The van der Waals surface area contributed by atoms with E-state index in [1.165, 1.54) is 30.5 Å². The highest BCUT2D eigenvalue weighted by atomic mass is 16.4. The normalized spacial score (nSPS) is 10.6. The Morgan fingerprint density at radius 2 is 1.35 bits per heavy atom. The molecule has 23 heavy (non-hydrogen) atoms. The molecule has 0 radical (unpaired) electrons. The van der Waals surface area contributed by atoms with Crippen LogP contribution in [0.4, 0.5) is 5.69 Å². The predicted octanol–water partition coefficient (Wildman–Crippen LogP) is 2.53. The standard InChI is InChI=1S/C16H11NO6/c18-14(19)10-3-1-2-9(4-10)8-17-13-6-11(15(20)21)5-12(7-13)16(22)23/h1-8H,(H,18,19)(H,20,21)(H,22,23). The number of hydrogen-bond donors (Lipinski definition) is 3. The number of benzene rings is 2. The van der Waals surface area contributed by atoms with Gasteiger partial charge in [-0.3, -0.25) is 4.99 Å². The van der Waals surface area contributed by atoms with E-state index < -0.39 is 17.9 Å². The number of aliphatic imine (C=N–C) groups is 1. The molecule has 0 unspecified atom stereocenters. The molecule has 0 bridgehead atoms. The molecular formula is C16H11NO6. The van der Waals surface area contributed by atoms with Crippen molar-refractivity contribution in [2.75, 3.05) is 0 Å². The van der Waals surface area contributed by atoms with Crippen molar-refractivity contribution in [1.82, 2.24) is 0 Å². The molecule has 0 spiro atoms. The fourth-order valence-electron chi connectivity index (χ4n) is 1.83. The number of nitrogens with zero attached hydrogens (tertiary/aromatic N) is 1. The number of carboxylic acids is 3. The highest BCUT2D eigenvalue weighted by molar-refractivity contribution is 5.96. The fraction of sp³-hybridized carbons (Fsp3) is 0. The molecule has 3 N–H and O–H groups in total. The fourth-order valence-corrected chi connectivity index (χ4v) is 1.83. The summed E-state index contributed by atoms with van der Waals surface area (Å²) in [5.74, 6) is -3.61. The largest absolute Gasteiger partial charge is 0.478 e. The SMILES string of the molecule is O=C(O)c1cccc(C=Nc2cc(C(=O)O)cc(C(=O)O)c2)c1. The summed E-state index contributed by atoms with van der Waals surface area (Å²) in [6.07, 6.45) is 1.33. The summed E-state index contributed by atoms with van der Waals surface area (Å²) < 4.78 is 0. The van der Waals surface area contributed by atoms with E-state index in [-0.39, 0.29) is 22.4 Å². The first-order chi connectivity index (χ1) is 10.9. The Hall–Kier alpha value is -3.48. The second-order valence-corrected chi connectivity index (χ2v) is 4.57. The summed E-state index contributed by atoms with van der Waals surface area (Å²) in [5, 5.41) is 26.9. The van der Waals surface area contributed by atoms with E-state index in [9.17, 15) is 14.4 Å². The Morgan fingerprint density at radius 1 is 0.783 bits per heavy atom. The Balaban J connectivity index is 2.39. The Bertz CT molecular complexity index is 793. The molecule has 0 atom stereocenters. The van der Waals surface area contributed by atoms with Crippen LogP contribution in [0.25, 0.3) is 0 Å². The van der Waals surface area contributed by atoms with E-state index in [0.717, 1.165) is 6.07 Å². The van der Waals surface area contributed by atoms with Gasteiger partial charge in [-0.15, -0.1) is 0 Å². The van der Waals surface area contributed by atoms with Gasteiger partial charge in [0.15, 0.2) is 0 Å². The van der Waals surface area contributed by atoms with E-state index in [4.69, 9.17) is 15.3 Å². The minimum atomic E-state index is -1.27. The molecule has 2 rings (SSSR count). The lowest BCUT2D eigenvalue weighted by Crippen LogP contribution is -2.02. The summed E-state index contributed by atoms with van der Waals surface area (Å²) in [5.41, 5.74) is 0.317. The van der Waals surface area contributed by atoms with Crippen molar-refractivity contribution in [3.63, 3.8) is 0 Å². The lowest BCUT2D eigenvalue weighted by molar-refractivity contribution is 0.0682. The van der Waals surface area contributed by atoms with Crippen molar-refractivity contribution < 1.29 is 29.7 Å². The van der Waals surface area contributed by atoms with E-state index >= 15 is 0 Å². The number of hydrogen-bond acceptors (Lipinski definition) is 4. The minimum Gasteiger partial charge on any atom is -0.478 e. The van der Waals surface area contributed by atoms with Gasteiger partial charge in [0.2, 0.25) is 0 Å². The molecule has 116 valence electrons. The average molecular weight is 313 g/mol. The first kappa shape index (κ1) is 15.9. The van der Waals surface area contributed by atoms with E-state index in [1.807, 2.05) is 0 Å². The van der Waals surface area contributed by atoms with Gasteiger partial charge in [0.25, 0.3) is 0 Å². The molecule has 7 heteroatoms. The number of rotatable bonds is 5. The molecule has 2 aromatic rings. The molecule has 0 aliphatic heterocycles. The Morgan fingerprint density at radius 3 is 1.87 bits per heavy atom. The van der Waals surface area contributed by atoms with Crippen molar-refractivity contribution in [2.24, 2.45) is 4.99 Å². The van der Waals surface area contributed by atoms with Crippen LogP contribution in [-0.4, -0.2) is 39.4 Å². The smallest absolute Gasteiger partial charge is 0.335 e. The minimum absolute atomic E-state index is 0.0828. The van der Waals surface area contributed by atoms with Crippen molar-refractivity contribution in [2.45, 2.75) is 0 Å². The molecular weight excluding hydrogens is 302 g/mol. The second-order valence-electron chi connectivity index (χ2n) is 4.57. The number of carbonyl (C=O) groups is 3. The molecule has 0 heterocycles. The van der Waals surface area contributed by atoms with Crippen LogP contribution < -0.4 is 0 Å². The molecule has 2 aromatic carbocycles. The summed E-state index contributed by atoms with van der Waals surface area (Å²) >= 11 is 0. The zero-order chi connectivity index (χ0) is 17.0. The number of aromatic carboxylic acids is 3. The molecule has 7 nitrogen and oxygen atoms in total. The van der Waals surface area contributed by atoms with Crippen LogP contribution in [-0.2, 0) is 0 Å². The first-order valence-corrected chi connectivity index (χ1v) is 6.36. The Labute approximate surface area is 130 Å². The molecule has 0 aromatic heterocycles. The van der Waals surface area contributed by atoms with Crippen LogP contribution in [0.1, 0.15) is 36.6 Å². The summed E-state index contributed by atoms with van der Waals surface area (Å²) in [4.78, 5) is 36.9. The van der Waals surface area contributed by atoms with Crippen LogP contribution in [0.5, 0.6) is 0 Å². The lowest BCUT2D eigenvalue weighted by atomic mass is 10.1. The highest BCUT2D eigenvalue weighted by Gasteiger charge is 2.11. The van der Waals surface area contributed by atoms with E-state index in [2.05, 4.69) is 4.99 Å². The topological polar surface area (TPSA) is 124 Å². The molecule has 0 saturated carbocycles. The zero-order valence-electron chi connectivity index (χ0n) is 11.6. The maximum absolute atomic E-state index is 11.0. The third-order valence-corrected chi connectivity index (χ3v) is 2.91. The van der Waals surface area contributed by atoms with Crippen molar-refractivity contribution in [1.29, 1.82) is 0 Å². The van der Waals surface area contributed by atoms with Gasteiger partial charge in [-0.2, -0.15) is 0 Å². The van der Waals surface area contributed by atoms with Crippen LogP contribution >= 0.6 is 0 Å². The summed E-state index contributed by atoms with van der Waals surface area (Å²) in [7, 11) is 0. The van der Waals surface area contributed by atoms with Crippen LogP contribution in [0.3, 0.4) is 0 Å². The van der Waals surface area contributed by atoms with E-state index in [0.29, 0.717) is 5.56 Å². The monoisotopic (exact) mass is 313 g/mol. The van der Waals surface area contributed by atoms with Crippen LogP contribution in [0.2, 0.25) is 0 Å². The van der Waals surface area contributed by atoms with Gasteiger partial charge in [-0.1, -0.05) is 12.1 Å². The van der Waals surface area contributed by atoms with Gasteiger partial charge >= 0.3 is 17.9 Å². The predicted molar refractivity (Wildman–Crippen MR) is 81.0 cm³/mol. The van der Waals surface area contributed by atoms with Gasteiger partial charge < -0.3 is 15.3 Å². The van der Waals surface area contributed by atoms with Gasteiger partial charge in [0.1, 0.15) is 0 Å². The van der Waals surface area contributed by atoms with Crippen molar-refractivity contribution >= 4 is 29.8 Å². The second kappa shape index (κ2) is 6.52. The van der Waals surface area contributed by atoms with Crippen molar-refractivity contribution in [3.05, 3.63) is 64.7 Å². The molecule has 0 amide bonds. The third-order valence-electron chi connectivity index (χ3n) is 2.91. The molecule has 0 saturated heterocycles. The molecule has 0 fully saturated rings. The van der Waals surface area contributed by atoms with Crippen LogP contribution in [0.15, 0.2) is 47.5 Å². The third kappa shape index (κ3) is 4.01. The number of carboxylic acid groups (broad SMARTS) is 3. The maximum atomic E-state index is 11.0. The van der Waals surface area contributed by atoms with Gasteiger partial charge in [0.05, 0.1) is 22.4 Å². The van der Waals surface area contributed by atoms with E-state index in [1.54, 1.807) is 12.1 Å². The molecule has 0 aliphatic rings. The highest BCUT2D eigenvalue weighted by Crippen LogP contribution is 2.18. The summed E-state index contributed by atoms with van der Waals surface area (Å²) in [6, 6.07) is 9.47.